The highest BCUT2D eigenvalue weighted by atomic mass is 127. The Morgan fingerprint density at radius 3 is 1.24 bits per heavy atom. The predicted octanol–water partition coefficient (Wildman–Crippen LogP) is 7.07. The summed E-state index contributed by atoms with van der Waals surface area (Å²) in [6.07, 6.45) is 0. The summed E-state index contributed by atoms with van der Waals surface area (Å²) in [5.41, 5.74) is 0. The van der Waals surface area contributed by atoms with E-state index in [1.165, 1.54) is 37.3 Å². The fourth-order valence-electron chi connectivity index (χ4n) is 2.44. The van der Waals surface area contributed by atoms with Crippen molar-refractivity contribution < 1.29 is 0 Å². The fourth-order valence-corrected chi connectivity index (χ4v) is 14.8. The van der Waals surface area contributed by atoms with Crippen LogP contribution in [0.4, 0.5) is 0 Å². The largest absolute Gasteiger partial charge is 0.0622 e. The van der Waals surface area contributed by atoms with Gasteiger partial charge in [-0.25, -0.2) is 0 Å². The molecule has 0 N–H and O–H groups in total. The standard InChI is InChI=1S/C18H9I6P/c19-10-6-13(21)17(14(22)7-10)25(12-4-2-1-3-5-12)18-15(23)8-11(20)9-16(18)24/h1-9H. The van der Waals surface area contributed by atoms with Gasteiger partial charge in [0.2, 0.25) is 0 Å². The second kappa shape index (κ2) is 9.98. The molecular weight excluding hydrogens is 1010 g/mol. The van der Waals surface area contributed by atoms with E-state index in [2.05, 4.69) is 190 Å². The molecule has 0 saturated heterocycles. The summed E-state index contributed by atoms with van der Waals surface area (Å²) in [6.45, 7) is 0. The average Bonchev–Trinajstić information content (AvgIpc) is 2.52. The van der Waals surface area contributed by atoms with Crippen molar-refractivity contribution in [2.75, 3.05) is 0 Å². The van der Waals surface area contributed by atoms with E-state index < -0.39 is 7.92 Å². The van der Waals surface area contributed by atoms with Crippen LogP contribution in [0.3, 0.4) is 0 Å². The van der Waals surface area contributed by atoms with E-state index in [-0.39, 0.29) is 0 Å². The third-order valence-corrected chi connectivity index (χ3v) is 12.5. The van der Waals surface area contributed by atoms with Crippen LogP contribution in [0.1, 0.15) is 0 Å². The van der Waals surface area contributed by atoms with E-state index >= 15 is 0 Å². The minimum atomic E-state index is -0.591. The molecule has 25 heavy (non-hydrogen) atoms. The van der Waals surface area contributed by atoms with Gasteiger partial charge < -0.3 is 0 Å². The van der Waals surface area contributed by atoms with Gasteiger partial charge in [0.1, 0.15) is 0 Å². The van der Waals surface area contributed by atoms with E-state index in [0.717, 1.165) is 0 Å². The highest BCUT2D eigenvalue weighted by Crippen LogP contribution is 2.40. The molecule has 0 unspecified atom stereocenters. The molecule has 3 aromatic rings. The molecule has 0 aliphatic rings. The lowest BCUT2D eigenvalue weighted by Gasteiger charge is -2.25. The summed E-state index contributed by atoms with van der Waals surface area (Å²) in [5, 5.41) is 4.35. The summed E-state index contributed by atoms with van der Waals surface area (Å²) in [5.74, 6) is 0. The van der Waals surface area contributed by atoms with Crippen LogP contribution in [-0.2, 0) is 0 Å². The third-order valence-electron chi connectivity index (χ3n) is 3.42. The van der Waals surface area contributed by atoms with Gasteiger partial charge in [0.15, 0.2) is 0 Å². The van der Waals surface area contributed by atoms with Crippen molar-refractivity contribution >= 4 is 159 Å². The summed E-state index contributed by atoms with van der Waals surface area (Å²) in [4.78, 5) is 0. The molecule has 7 heteroatoms. The molecular formula is C18H9I6P. The second-order valence-corrected chi connectivity index (χ2v) is 14.3. The molecule has 3 rings (SSSR count). The molecule has 0 aromatic heterocycles. The van der Waals surface area contributed by atoms with Crippen LogP contribution in [0, 0.1) is 21.4 Å². The molecule has 0 bridgehead atoms. The Morgan fingerprint density at radius 1 is 0.520 bits per heavy atom. The number of benzene rings is 3. The first-order valence-corrected chi connectivity index (χ1v) is 14.8. The molecule has 0 atom stereocenters. The molecule has 3 aromatic carbocycles. The van der Waals surface area contributed by atoms with E-state index in [1.807, 2.05) is 0 Å². The minimum absolute atomic E-state index is 0.591. The Morgan fingerprint density at radius 2 is 0.880 bits per heavy atom. The van der Waals surface area contributed by atoms with Gasteiger partial charge in [-0.3, -0.25) is 0 Å². The Bertz CT molecular complexity index is 823. The quantitative estimate of drug-likeness (QED) is 0.195. The van der Waals surface area contributed by atoms with Crippen LogP contribution in [0.2, 0.25) is 0 Å². The molecule has 128 valence electrons. The Kier molecular flexibility index (Phi) is 8.85. The second-order valence-electron chi connectivity index (χ2n) is 5.11. The van der Waals surface area contributed by atoms with E-state index in [9.17, 15) is 0 Å². The van der Waals surface area contributed by atoms with Gasteiger partial charge in [0.05, 0.1) is 0 Å². The Labute approximate surface area is 231 Å². The first-order valence-electron chi connectivity index (χ1n) is 7.02. The van der Waals surface area contributed by atoms with Crippen molar-refractivity contribution in [2.24, 2.45) is 0 Å². The van der Waals surface area contributed by atoms with Gasteiger partial charge in [-0.1, -0.05) is 30.3 Å². The van der Waals surface area contributed by atoms with Crippen molar-refractivity contribution in [2.45, 2.75) is 0 Å². The lowest BCUT2D eigenvalue weighted by atomic mass is 10.3. The van der Waals surface area contributed by atoms with Gasteiger partial charge in [0, 0.05) is 32.0 Å². The first kappa shape index (κ1) is 22.2. The fraction of sp³-hybridized carbons (Fsp3) is 0. The lowest BCUT2D eigenvalue weighted by Crippen LogP contribution is -2.28. The molecule has 0 heterocycles. The SMILES string of the molecule is Ic1cc(I)c(P(c2ccccc2)c2c(I)cc(I)cc2I)c(I)c1. The maximum atomic E-state index is 2.51. The number of rotatable bonds is 3. The number of halogens is 6. The van der Waals surface area contributed by atoms with Crippen molar-refractivity contribution in [1.29, 1.82) is 0 Å². The molecule has 0 fully saturated rings. The molecule has 0 saturated carbocycles. The first-order chi connectivity index (χ1) is 11.9. The normalized spacial score (nSPS) is 11.2. The zero-order chi connectivity index (χ0) is 18.1. The maximum absolute atomic E-state index is 2.51. The van der Waals surface area contributed by atoms with Crippen molar-refractivity contribution in [1.82, 2.24) is 0 Å². The van der Waals surface area contributed by atoms with Gasteiger partial charge in [-0.15, -0.1) is 0 Å². The third kappa shape index (κ3) is 5.34. The molecule has 0 radical (unpaired) electrons. The molecule has 0 amide bonds. The summed E-state index contributed by atoms with van der Waals surface area (Å²) in [6, 6.07) is 20.1. The molecule has 0 aliphatic heterocycles. The monoisotopic (exact) mass is 1020 g/mol. The van der Waals surface area contributed by atoms with Crippen LogP contribution in [-0.4, -0.2) is 0 Å². The van der Waals surface area contributed by atoms with Crippen LogP contribution >= 0.6 is 143 Å². The Hall–Kier alpha value is 2.47. The number of hydrogen-bond acceptors (Lipinski definition) is 0. The van der Waals surface area contributed by atoms with E-state index in [0.29, 0.717) is 0 Å². The number of hydrogen-bond donors (Lipinski definition) is 0. The van der Waals surface area contributed by atoms with E-state index in [4.69, 9.17) is 0 Å². The van der Waals surface area contributed by atoms with Crippen LogP contribution in [0.5, 0.6) is 0 Å². The average molecular weight is 1020 g/mol. The molecule has 0 nitrogen and oxygen atoms in total. The topological polar surface area (TPSA) is 0 Å². The van der Waals surface area contributed by atoms with Crippen molar-refractivity contribution in [3.05, 3.63) is 76.0 Å². The maximum Gasteiger partial charge on any atom is 0.0235 e. The van der Waals surface area contributed by atoms with Crippen LogP contribution in [0.15, 0.2) is 54.6 Å². The highest BCUT2D eigenvalue weighted by Gasteiger charge is 2.26. The van der Waals surface area contributed by atoms with Gasteiger partial charge in [-0.2, -0.15) is 0 Å². The van der Waals surface area contributed by atoms with Crippen molar-refractivity contribution in [3.8, 4) is 0 Å². The minimum Gasteiger partial charge on any atom is -0.0622 e. The van der Waals surface area contributed by atoms with Gasteiger partial charge in [-0.05, 0) is 173 Å². The zero-order valence-electron chi connectivity index (χ0n) is 12.4. The molecule has 0 aliphatic carbocycles. The summed E-state index contributed by atoms with van der Waals surface area (Å²) < 4.78 is 8.02. The van der Waals surface area contributed by atoms with Crippen LogP contribution in [0.25, 0.3) is 0 Å². The zero-order valence-corrected chi connectivity index (χ0v) is 26.3. The Balaban J connectivity index is 2.34. The predicted molar refractivity (Wildman–Crippen MR) is 161 cm³/mol. The van der Waals surface area contributed by atoms with Crippen molar-refractivity contribution in [3.63, 3.8) is 0 Å². The summed E-state index contributed by atoms with van der Waals surface area (Å²) in [7, 11) is -0.591. The lowest BCUT2D eigenvalue weighted by molar-refractivity contribution is 1.58. The van der Waals surface area contributed by atoms with Gasteiger partial charge in [0.25, 0.3) is 0 Å². The summed E-state index contributed by atoms with van der Waals surface area (Å²) >= 11 is 14.9. The van der Waals surface area contributed by atoms with Gasteiger partial charge >= 0.3 is 0 Å². The highest BCUT2D eigenvalue weighted by molar-refractivity contribution is 14.1. The molecule has 0 spiro atoms. The smallest absolute Gasteiger partial charge is 0.0235 e. The van der Waals surface area contributed by atoms with Crippen LogP contribution < -0.4 is 15.9 Å². The van der Waals surface area contributed by atoms with E-state index in [1.54, 1.807) is 0 Å².